The van der Waals surface area contributed by atoms with Gasteiger partial charge in [-0.1, -0.05) is 17.9 Å². The topological polar surface area (TPSA) is 120 Å². The molecular weight excluding hydrogens is 518 g/mol. The van der Waals surface area contributed by atoms with Crippen molar-refractivity contribution in [3.8, 4) is 11.8 Å². The van der Waals surface area contributed by atoms with Gasteiger partial charge in [0.05, 0.1) is 23.5 Å². The molecule has 0 radical (unpaired) electrons. The molecule has 0 saturated heterocycles. The first-order valence-electron chi connectivity index (χ1n) is 13.9. The molecule has 11 nitrogen and oxygen atoms in total. The molecule has 0 bridgehead atoms. The summed E-state index contributed by atoms with van der Waals surface area (Å²) in [7, 11) is 7.40. The van der Waals surface area contributed by atoms with Gasteiger partial charge in [0, 0.05) is 56.8 Å². The van der Waals surface area contributed by atoms with Crippen LogP contribution in [0.3, 0.4) is 0 Å². The molecule has 1 atom stereocenters. The van der Waals surface area contributed by atoms with Crippen molar-refractivity contribution in [3.05, 3.63) is 48.3 Å². The largest absolute Gasteiger partial charge is 0.366 e. The summed E-state index contributed by atoms with van der Waals surface area (Å²) < 4.78 is 1.84. The zero-order chi connectivity index (χ0) is 29.4. The first kappa shape index (κ1) is 29.6. The van der Waals surface area contributed by atoms with Gasteiger partial charge in [-0.25, -0.2) is 4.98 Å². The molecule has 0 spiro atoms. The van der Waals surface area contributed by atoms with Gasteiger partial charge in [0.1, 0.15) is 11.9 Å². The first-order valence-corrected chi connectivity index (χ1v) is 13.9. The van der Waals surface area contributed by atoms with Crippen LogP contribution in [-0.4, -0.2) is 87.7 Å². The van der Waals surface area contributed by atoms with Gasteiger partial charge >= 0.3 is 0 Å². The quantitative estimate of drug-likeness (QED) is 0.177. The Hall–Kier alpha value is -4.43. The summed E-state index contributed by atoms with van der Waals surface area (Å²) in [6.07, 6.45) is 10.4. The van der Waals surface area contributed by atoms with Crippen LogP contribution in [0.2, 0.25) is 0 Å². The molecule has 41 heavy (non-hydrogen) atoms. The monoisotopic (exact) mass is 557 g/mol. The maximum Gasteiger partial charge on any atom is 0.246 e. The van der Waals surface area contributed by atoms with E-state index in [0.717, 1.165) is 40.8 Å². The Morgan fingerprint density at radius 3 is 2.78 bits per heavy atom. The predicted octanol–water partition coefficient (Wildman–Crippen LogP) is 2.89. The number of carbonyl (C=O) groups excluding carboxylic acids is 2. The summed E-state index contributed by atoms with van der Waals surface area (Å²) in [5.74, 6) is 7.18. The minimum atomic E-state index is -0.566. The second kappa shape index (κ2) is 13.8. The second-order valence-electron chi connectivity index (χ2n) is 10.5. The highest BCUT2D eigenvalue weighted by Crippen LogP contribution is 2.27. The summed E-state index contributed by atoms with van der Waals surface area (Å²) in [6, 6.07) is 5.86. The molecule has 2 aromatic heterocycles. The maximum absolute atomic E-state index is 12.5. The lowest BCUT2D eigenvalue weighted by Gasteiger charge is -2.23. The number of aromatic nitrogens is 4. The number of hydrogen-bond donors (Lipinski definition) is 3. The van der Waals surface area contributed by atoms with Crippen molar-refractivity contribution in [3.63, 3.8) is 0 Å². The predicted molar refractivity (Wildman–Crippen MR) is 162 cm³/mol. The zero-order valence-corrected chi connectivity index (χ0v) is 24.4. The third kappa shape index (κ3) is 8.53. The molecule has 0 aliphatic heterocycles. The molecule has 2 amide bonds. The van der Waals surface area contributed by atoms with Crippen LogP contribution in [0.5, 0.6) is 0 Å². The van der Waals surface area contributed by atoms with E-state index >= 15 is 0 Å². The third-order valence-electron chi connectivity index (χ3n) is 6.75. The zero-order valence-electron chi connectivity index (χ0n) is 24.4. The summed E-state index contributed by atoms with van der Waals surface area (Å²) >= 11 is 0. The van der Waals surface area contributed by atoms with Crippen LogP contribution in [0.4, 0.5) is 17.5 Å². The summed E-state index contributed by atoms with van der Waals surface area (Å²) in [5, 5.41) is 15.0. The molecule has 216 valence electrons. The molecule has 1 aliphatic rings. The van der Waals surface area contributed by atoms with Crippen LogP contribution in [0.25, 0.3) is 10.9 Å². The summed E-state index contributed by atoms with van der Waals surface area (Å²) in [4.78, 5) is 37.3. The molecule has 0 unspecified atom stereocenters. The van der Waals surface area contributed by atoms with E-state index in [0.29, 0.717) is 37.9 Å². The Bertz CT molecular complexity index is 1460. The maximum atomic E-state index is 12.5. The summed E-state index contributed by atoms with van der Waals surface area (Å²) in [5.41, 5.74) is 2.68. The molecule has 1 aliphatic carbocycles. The van der Waals surface area contributed by atoms with E-state index in [1.807, 2.05) is 55.1 Å². The number of aryl methyl sites for hydroxylation is 1. The number of amides is 2. The molecule has 2 heterocycles. The van der Waals surface area contributed by atoms with Crippen LogP contribution in [0.1, 0.15) is 38.2 Å². The molecule has 4 rings (SSSR count). The normalized spacial score (nSPS) is 13.6. The van der Waals surface area contributed by atoms with Crippen molar-refractivity contribution < 1.29 is 9.59 Å². The second-order valence-corrected chi connectivity index (χ2v) is 10.5. The van der Waals surface area contributed by atoms with Crippen LogP contribution < -0.4 is 16.0 Å². The number of benzene rings is 1. The fourth-order valence-electron chi connectivity index (χ4n) is 3.98. The lowest BCUT2D eigenvalue weighted by atomic mass is 10.2. The number of rotatable bonds is 12. The van der Waals surface area contributed by atoms with Gasteiger partial charge in [-0.05, 0) is 58.5 Å². The smallest absolute Gasteiger partial charge is 0.246 e. The van der Waals surface area contributed by atoms with E-state index in [9.17, 15) is 9.59 Å². The standard InChI is InChI=1S/C30H39N9O2/c1-21(38(4)27(40)11-9-17-37(2)3)29(41)31-16-8-6-7-10-22-19-32-30(36-28(22)34-24-12-13-24)35-25-14-15-26-23(18-25)20-33-39(26)5/h9,11,14-15,18-21,24H,6,8,12-13,16-17H2,1-5H3,(H,31,41)(H2,32,34,35,36)/t21-/m0/s1. The van der Waals surface area contributed by atoms with Gasteiger partial charge in [0.15, 0.2) is 0 Å². The number of unbranched alkanes of at least 4 members (excludes halogenated alkanes) is 1. The van der Waals surface area contributed by atoms with Gasteiger partial charge < -0.3 is 25.8 Å². The average molecular weight is 558 g/mol. The minimum absolute atomic E-state index is 0.190. The Balaban J connectivity index is 1.28. The number of fused-ring (bicyclic) bond motifs is 1. The van der Waals surface area contributed by atoms with Crippen molar-refractivity contribution in [2.75, 3.05) is 44.9 Å². The summed E-state index contributed by atoms with van der Waals surface area (Å²) in [6.45, 7) is 2.86. The van der Waals surface area contributed by atoms with E-state index in [-0.39, 0.29) is 11.8 Å². The Morgan fingerprint density at radius 2 is 2.02 bits per heavy atom. The average Bonchev–Trinajstić information content (AvgIpc) is 3.70. The van der Waals surface area contributed by atoms with Crippen molar-refractivity contribution >= 4 is 40.2 Å². The number of carbonyl (C=O) groups is 2. The van der Waals surface area contributed by atoms with Crippen molar-refractivity contribution in [1.82, 2.24) is 34.9 Å². The molecule has 1 fully saturated rings. The van der Waals surface area contributed by atoms with E-state index in [2.05, 4.69) is 37.9 Å². The molecule has 1 saturated carbocycles. The van der Waals surface area contributed by atoms with Gasteiger partial charge in [0.25, 0.3) is 0 Å². The number of nitrogens with zero attached hydrogens (tertiary/aromatic N) is 6. The highest BCUT2D eigenvalue weighted by atomic mass is 16.2. The van der Waals surface area contributed by atoms with E-state index in [4.69, 9.17) is 4.98 Å². The van der Waals surface area contributed by atoms with Crippen LogP contribution in [-0.2, 0) is 16.6 Å². The van der Waals surface area contributed by atoms with Crippen LogP contribution in [0.15, 0.2) is 42.7 Å². The number of likely N-dealkylation sites (N-methyl/N-ethyl adjacent to an activating group) is 2. The Kier molecular flexibility index (Phi) is 9.92. The van der Waals surface area contributed by atoms with Crippen LogP contribution in [0, 0.1) is 11.8 Å². The van der Waals surface area contributed by atoms with E-state index in [1.54, 1.807) is 26.2 Å². The third-order valence-corrected chi connectivity index (χ3v) is 6.75. The number of hydrogen-bond acceptors (Lipinski definition) is 8. The van der Waals surface area contributed by atoms with Gasteiger partial charge in [-0.2, -0.15) is 10.1 Å². The molecule has 1 aromatic carbocycles. The molecule has 3 N–H and O–H groups in total. The van der Waals surface area contributed by atoms with Gasteiger partial charge in [-0.3, -0.25) is 14.3 Å². The van der Waals surface area contributed by atoms with Crippen molar-refractivity contribution in [2.24, 2.45) is 7.05 Å². The Labute approximate surface area is 241 Å². The van der Waals surface area contributed by atoms with Gasteiger partial charge in [0.2, 0.25) is 17.8 Å². The SMILES string of the molecule is C[C@@H](C(=O)NCCCC#Cc1cnc(Nc2ccc3c(cnn3C)c2)nc1NC1CC1)N(C)C(=O)C=CCN(C)C. The van der Waals surface area contributed by atoms with E-state index in [1.165, 1.54) is 11.0 Å². The fraction of sp³-hybridized carbons (Fsp3) is 0.433. The number of nitrogens with one attached hydrogen (secondary N) is 3. The molecule has 3 aromatic rings. The minimum Gasteiger partial charge on any atom is -0.366 e. The highest BCUT2D eigenvalue weighted by molar-refractivity contribution is 5.92. The highest BCUT2D eigenvalue weighted by Gasteiger charge is 2.23. The van der Waals surface area contributed by atoms with Gasteiger partial charge in [-0.15, -0.1) is 0 Å². The lowest BCUT2D eigenvalue weighted by molar-refractivity contribution is -0.135. The van der Waals surface area contributed by atoms with Crippen molar-refractivity contribution in [1.29, 1.82) is 0 Å². The lowest BCUT2D eigenvalue weighted by Crippen LogP contribution is -2.45. The Morgan fingerprint density at radius 1 is 1.22 bits per heavy atom. The number of anilines is 3. The molecular formula is C30H39N9O2. The molecule has 11 heteroatoms. The van der Waals surface area contributed by atoms with E-state index < -0.39 is 6.04 Å². The van der Waals surface area contributed by atoms with Crippen LogP contribution >= 0.6 is 0 Å². The van der Waals surface area contributed by atoms with Crippen molar-refractivity contribution in [2.45, 2.75) is 44.7 Å². The first-order chi connectivity index (χ1) is 19.7. The fourth-order valence-corrected chi connectivity index (χ4v) is 3.98.